The predicted molar refractivity (Wildman–Crippen MR) is 88.7 cm³/mol. The Kier molecular flexibility index (Phi) is 5.98. The molecule has 1 fully saturated rings. The van der Waals surface area contributed by atoms with Crippen molar-refractivity contribution in [3.8, 4) is 11.5 Å². The molecule has 2 atom stereocenters. The van der Waals surface area contributed by atoms with Crippen molar-refractivity contribution in [2.45, 2.75) is 26.1 Å². The summed E-state index contributed by atoms with van der Waals surface area (Å²) in [6.45, 7) is 3.52. The van der Waals surface area contributed by atoms with E-state index in [1.807, 2.05) is 0 Å². The van der Waals surface area contributed by atoms with Crippen LogP contribution in [0.5, 0.6) is 11.5 Å². The molecule has 1 heterocycles. The highest BCUT2D eigenvalue weighted by molar-refractivity contribution is 5.99. The molecule has 26 heavy (non-hydrogen) atoms. The third-order valence-corrected chi connectivity index (χ3v) is 3.83. The quantitative estimate of drug-likeness (QED) is 0.588. The highest BCUT2D eigenvalue weighted by atomic mass is 16.6. The third kappa shape index (κ3) is 4.02. The van der Waals surface area contributed by atoms with Crippen molar-refractivity contribution in [1.29, 1.82) is 0 Å². The number of nitro benzene ring substituents is 1. The lowest BCUT2D eigenvalue weighted by atomic mass is 10.1. The molecule has 0 saturated carbocycles. The van der Waals surface area contributed by atoms with E-state index in [4.69, 9.17) is 19.3 Å². The van der Waals surface area contributed by atoms with Gasteiger partial charge in [0.15, 0.2) is 17.6 Å². The number of carbonyl (C=O) groups is 2. The van der Waals surface area contributed by atoms with E-state index >= 15 is 0 Å². The number of ether oxygens (including phenoxy) is 3. The highest BCUT2D eigenvalue weighted by Gasteiger charge is 2.35. The van der Waals surface area contributed by atoms with E-state index in [0.717, 1.165) is 6.07 Å². The maximum atomic E-state index is 12.9. The maximum absolute atomic E-state index is 12.9. The standard InChI is InChI=1S/C16H20N2O8/c1-4-25-13-6-11(18(22)23)10(5-12(13)24-3)15(19)17-7-9(2)26-14(8-17)16(20)21/h5-6,9,14H,4,7-8H2,1-3H3,(H,20,21)/t9-,14?/m1/s1. The first-order chi connectivity index (χ1) is 12.3. The van der Waals surface area contributed by atoms with Gasteiger partial charge >= 0.3 is 5.97 Å². The van der Waals surface area contributed by atoms with E-state index in [1.54, 1.807) is 13.8 Å². The van der Waals surface area contributed by atoms with Crippen LogP contribution in [-0.4, -0.2) is 65.8 Å². The molecule has 1 unspecified atom stereocenters. The SMILES string of the molecule is CCOc1cc([N+](=O)[O-])c(C(=O)N2CC(C(=O)O)O[C@H](C)C2)cc1OC. The number of nitrogens with zero attached hydrogens (tertiary/aromatic N) is 2. The Bertz CT molecular complexity index is 720. The smallest absolute Gasteiger partial charge is 0.334 e. The Morgan fingerprint density at radius 1 is 1.38 bits per heavy atom. The lowest BCUT2D eigenvalue weighted by Gasteiger charge is -2.34. The molecule has 1 N–H and O–H groups in total. The van der Waals surface area contributed by atoms with Crippen molar-refractivity contribution < 1.29 is 33.8 Å². The third-order valence-electron chi connectivity index (χ3n) is 3.83. The number of hydrogen-bond donors (Lipinski definition) is 1. The molecule has 1 aromatic carbocycles. The van der Waals surface area contributed by atoms with Crippen molar-refractivity contribution in [2.75, 3.05) is 26.8 Å². The second kappa shape index (κ2) is 8.00. The van der Waals surface area contributed by atoms with Gasteiger partial charge < -0.3 is 24.2 Å². The monoisotopic (exact) mass is 368 g/mol. The first kappa shape index (κ1) is 19.4. The van der Waals surface area contributed by atoms with Gasteiger partial charge in [-0.1, -0.05) is 0 Å². The number of rotatable bonds is 6. The Morgan fingerprint density at radius 2 is 2.08 bits per heavy atom. The van der Waals surface area contributed by atoms with E-state index in [0.29, 0.717) is 0 Å². The molecule has 2 rings (SSSR count). The summed E-state index contributed by atoms with van der Waals surface area (Å²) in [6, 6.07) is 2.37. The van der Waals surface area contributed by atoms with Crippen LogP contribution in [0.15, 0.2) is 12.1 Å². The Morgan fingerprint density at radius 3 is 2.62 bits per heavy atom. The maximum Gasteiger partial charge on any atom is 0.334 e. The average molecular weight is 368 g/mol. The van der Waals surface area contributed by atoms with Gasteiger partial charge in [0.2, 0.25) is 0 Å². The van der Waals surface area contributed by atoms with Crippen molar-refractivity contribution in [3.05, 3.63) is 27.8 Å². The molecule has 10 heteroatoms. The summed E-state index contributed by atoms with van der Waals surface area (Å²) in [7, 11) is 1.36. The number of morpholine rings is 1. The summed E-state index contributed by atoms with van der Waals surface area (Å²) in [5, 5.41) is 20.6. The molecule has 0 radical (unpaired) electrons. The Balaban J connectivity index is 2.43. The first-order valence-corrected chi connectivity index (χ1v) is 7.95. The fraction of sp³-hybridized carbons (Fsp3) is 0.500. The topological polar surface area (TPSA) is 128 Å². The van der Waals surface area contributed by atoms with Crippen LogP contribution in [0.3, 0.4) is 0 Å². The number of amides is 1. The average Bonchev–Trinajstić information content (AvgIpc) is 2.60. The highest BCUT2D eigenvalue weighted by Crippen LogP contribution is 2.35. The number of carboxylic acid groups (broad SMARTS) is 1. The van der Waals surface area contributed by atoms with Crippen molar-refractivity contribution in [1.82, 2.24) is 4.90 Å². The van der Waals surface area contributed by atoms with Crippen LogP contribution < -0.4 is 9.47 Å². The van der Waals surface area contributed by atoms with Gasteiger partial charge in [-0.25, -0.2) is 4.79 Å². The van der Waals surface area contributed by atoms with Crippen LogP contribution >= 0.6 is 0 Å². The fourth-order valence-corrected chi connectivity index (χ4v) is 2.72. The molecule has 10 nitrogen and oxygen atoms in total. The Labute approximate surface area is 149 Å². The van der Waals surface area contributed by atoms with Crippen LogP contribution in [0.4, 0.5) is 5.69 Å². The Hall–Kier alpha value is -2.88. The van der Waals surface area contributed by atoms with E-state index in [-0.39, 0.29) is 36.8 Å². The number of carboxylic acids is 1. The molecular formula is C16H20N2O8. The molecule has 1 saturated heterocycles. The predicted octanol–water partition coefficient (Wildman–Crippen LogP) is 1.32. The van der Waals surface area contributed by atoms with Gasteiger partial charge in [-0.3, -0.25) is 14.9 Å². The number of hydrogen-bond acceptors (Lipinski definition) is 7. The minimum absolute atomic E-state index is 0.120. The van der Waals surface area contributed by atoms with Gasteiger partial charge in [0.05, 0.1) is 37.4 Å². The molecule has 1 aromatic rings. The zero-order chi connectivity index (χ0) is 19.4. The summed E-state index contributed by atoms with van der Waals surface area (Å²) >= 11 is 0. The minimum atomic E-state index is -1.20. The molecule has 0 aliphatic carbocycles. The molecule has 1 aliphatic heterocycles. The van der Waals surface area contributed by atoms with Crippen LogP contribution in [0, 0.1) is 10.1 Å². The van der Waals surface area contributed by atoms with Crippen LogP contribution in [0.25, 0.3) is 0 Å². The van der Waals surface area contributed by atoms with Gasteiger partial charge in [-0.05, 0) is 13.8 Å². The largest absolute Gasteiger partial charge is 0.493 e. The second-order valence-electron chi connectivity index (χ2n) is 5.69. The normalized spacial score (nSPS) is 19.7. The van der Waals surface area contributed by atoms with Crippen LogP contribution in [-0.2, 0) is 9.53 Å². The number of benzene rings is 1. The number of nitro groups is 1. The van der Waals surface area contributed by atoms with E-state index in [9.17, 15) is 19.7 Å². The van der Waals surface area contributed by atoms with E-state index < -0.39 is 34.7 Å². The first-order valence-electron chi connectivity index (χ1n) is 7.95. The van der Waals surface area contributed by atoms with Gasteiger partial charge in [0.1, 0.15) is 5.56 Å². The zero-order valence-corrected chi connectivity index (χ0v) is 14.6. The minimum Gasteiger partial charge on any atom is -0.493 e. The van der Waals surface area contributed by atoms with Gasteiger partial charge in [-0.15, -0.1) is 0 Å². The van der Waals surface area contributed by atoms with Crippen LogP contribution in [0.2, 0.25) is 0 Å². The summed E-state index contributed by atoms with van der Waals surface area (Å²) in [5.74, 6) is -1.54. The summed E-state index contributed by atoms with van der Waals surface area (Å²) < 4.78 is 15.7. The van der Waals surface area contributed by atoms with Gasteiger partial charge in [0.25, 0.3) is 11.6 Å². The molecule has 142 valence electrons. The van der Waals surface area contributed by atoms with E-state index in [1.165, 1.54) is 18.1 Å². The van der Waals surface area contributed by atoms with Crippen molar-refractivity contribution in [3.63, 3.8) is 0 Å². The summed E-state index contributed by atoms with van der Waals surface area (Å²) in [6.07, 6.45) is -1.70. The molecule has 1 amide bonds. The van der Waals surface area contributed by atoms with Crippen LogP contribution in [0.1, 0.15) is 24.2 Å². The number of aliphatic carboxylic acids is 1. The molecule has 0 bridgehead atoms. The van der Waals surface area contributed by atoms with Crippen molar-refractivity contribution >= 4 is 17.6 Å². The molecule has 1 aliphatic rings. The zero-order valence-electron chi connectivity index (χ0n) is 14.6. The molecular weight excluding hydrogens is 348 g/mol. The van der Waals surface area contributed by atoms with E-state index in [2.05, 4.69) is 0 Å². The van der Waals surface area contributed by atoms with Crippen molar-refractivity contribution in [2.24, 2.45) is 0 Å². The number of carbonyl (C=O) groups excluding carboxylic acids is 1. The fourth-order valence-electron chi connectivity index (χ4n) is 2.72. The molecule has 0 aromatic heterocycles. The second-order valence-corrected chi connectivity index (χ2v) is 5.69. The van der Waals surface area contributed by atoms with Gasteiger partial charge in [0, 0.05) is 12.6 Å². The molecule has 0 spiro atoms. The number of methoxy groups -OCH3 is 1. The lowest BCUT2D eigenvalue weighted by Crippen LogP contribution is -2.51. The summed E-state index contributed by atoms with van der Waals surface area (Å²) in [5.41, 5.74) is -0.640. The van der Waals surface area contributed by atoms with Gasteiger partial charge in [-0.2, -0.15) is 0 Å². The summed E-state index contributed by atoms with van der Waals surface area (Å²) in [4.78, 5) is 36.0. The lowest BCUT2D eigenvalue weighted by molar-refractivity contribution is -0.385.